The van der Waals surface area contributed by atoms with Crippen molar-refractivity contribution in [3.63, 3.8) is 0 Å². The van der Waals surface area contributed by atoms with Crippen LogP contribution in [-0.4, -0.2) is 10.5 Å². The molecule has 0 heterocycles. The summed E-state index contributed by atoms with van der Waals surface area (Å²) in [7, 11) is 0. The second-order valence-electron chi connectivity index (χ2n) is 8.62. The zero-order valence-corrected chi connectivity index (χ0v) is 21.0. The summed E-state index contributed by atoms with van der Waals surface area (Å²) in [6, 6.07) is 0. The maximum Gasteiger partial charge on any atom is -1.00 e. The third-order valence-electron chi connectivity index (χ3n) is 5.51. The Morgan fingerprint density at radius 1 is 1.12 bits per heavy atom. The second-order valence-corrected chi connectivity index (χ2v) is 11.0. The standard InChI is InChI=1S/C22H33S.2ClH.Ti/c1-7-8-17-23-22(21(5,6)18-13-9-10-14-18)16-12-11-15-19(22)20(2,3)4;;;/h9,11-13,15H,7-8,10,16-17H2,1-6H3;2*1H;/q;;;+2/p-2. The number of thioether (sulfide) groups is 1. The predicted molar refractivity (Wildman–Crippen MR) is 106 cm³/mol. The van der Waals surface area contributed by atoms with Crippen molar-refractivity contribution in [3.05, 3.63) is 45.4 Å². The summed E-state index contributed by atoms with van der Waals surface area (Å²) in [4.78, 5) is 0. The van der Waals surface area contributed by atoms with Crippen LogP contribution in [0.2, 0.25) is 0 Å². The summed E-state index contributed by atoms with van der Waals surface area (Å²) in [5.41, 5.74) is 3.51. The Hall–Kier alpha value is 0.604. The molecule has 4 heteroatoms. The van der Waals surface area contributed by atoms with Crippen LogP contribution < -0.4 is 24.8 Å². The van der Waals surface area contributed by atoms with E-state index in [2.05, 4.69) is 104 Å². The van der Waals surface area contributed by atoms with E-state index in [1.807, 2.05) is 0 Å². The Kier molecular flexibility index (Phi) is 10.6. The van der Waals surface area contributed by atoms with E-state index in [-0.39, 0.29) is 40.4 Å². The monoisotopic (exact) mass is 447 g/mol. The molecule has 2 rings (SSSR count). The molecule has 0 aromatic heterocycles. The fourth-order valence-electron chi connectivity index (χ4n) is 4.11. The molecule has 0 amide bonds. The molecule has 0 spiro atoms. The Labute approximate surface area is 190 Å². The molecule has 1 unspecified atom stereocenters. The van der Waals surface area contributed by atoms with Crippen LogP contribution in [0.15, 0.2) is 45.4 Å². The molecule has 0 aromatic carbocycles. The molecule has 26 heavy (non-hydrogen) atoms. The summed E-state index contributed by atoms with van der Waals surface area (Å²) >= 11 is 4.53. The number of hydrogen-bond donors (Lipinski definition) is 0. The van der Waals surface area contributed by atoms with Gasteiger partial charge in [0.2, 0.25) is 0 Å². The first-order valence-electron chi connectivity index (χ1n) is 9.30. The number of halogens is 2. The summed E-state index contributed by atoms with van der Waals surface area (Å²) < 4.78 is 1.71. The molecule has 2 aliphatic carbocycles. The van der Waals surface area contributed by atoms with Crippen molar-refractivity contribution in [2.45, 2.75) is 72.0 Å². The van der Waals surface area contributed by atoms with Crippen LogP contribution in [0.4, 0.5) is 0 Å². The third kappa shape index (κ3) is 5.15. The minimum atomic E-state index is 0. The van der Waals surface area contributed by atoms with Crippen molar-refractivity contribution < 1.29 is 45.2 Å². The van der Waals surface area contributed by atoms with Gasteiger partial charge >= 0.3 is 166 Å². The minimum absolute atomic E-state index is 0. The minimum Gasteiger partial charge on any atom is -1.00 e. The van der Waals surface area contributed by atoms with Gasteiger partial charge in [-0.3, -0.25) is 0 Å². The van der Waals surface area contributed by atoms with Gasteiger partial charge in [0.05, 0.1) is 0 Å². The molecule has 0 nitrogen and oxygen atoms in total. The van der Waals surface area contributed by atoms with Gasteiger partial charge in [-0.05, 0) is 0 Å². The summed E-state index contributed by atoms with van der Waals surface area (Å²) in [5, 5.41) is 0. The number of rotatable bonds is 6. The van der Waals surface area contributed by atoms with Crippen LogP contribution in [0.5, 0.6) is 0 Å². The normalized spacial score (nSPS) is 22.8. The van der Waals surface area contributed by atoms with Gasteiger partial charge in [-0.15, -0.1) is 0 Å². The molecule has 0 aromatic rings. The average Bonchev–Trinajstić information content (AvgIpc) is 2.93. The SMILES string of the molecule is CCCCSC1(C(C)(C)C2=[C]([Ti+2])CC=C2)CC=CC=C1C(C)(C)C.[Cl-].[Cl-]. The van der Waals surface area contributed by atoms with Crippen molar-refractivity contribution in [1.29, 1.82) is 0 Å². The molecule has 0 N–H and O–H groups in total. The van der Waals surface area contributed by atoms with Gasteiger partial charge in [0.15, 0.2) is 0 Å². The Morgan fingerprint density at radius 2 is 1.77 bits per heavy atom. The molecule has 0 aliphatic heterocycles. The van der Waals surface area contributed by atoms with E-state index in [1.165, 1.54) is 18.6 Å². The van der Waals surface area contributed by atoms with Crippen molar-refractivity contribution >= 4 is 11.8 Å². The topological polar surface area (TPSA) is 0 Å². The fourth-order valence-corrected chi connectivity index (χ4v) is 6.90. The van der Waals surface area contributed by atoms with E-state index in [9.17, 15) is 0 Å². The van der Waals surface area contributed by atoms with Crippen LogP contribution in [0.1, 0.15) is 67.2 Å². The Morgan fingerprint density at radius 3 is 2.27 bits per heavy atom. The smallest absolute Gasteiger partial charge is 1.00 e. The zero-order valence-electron chi connectivity index (χ0n) is 17.1. The van der Waals surface area contributed by atoms with Gasteiger partial charge in [-0.1, -0.05) is 0 Å². The van der Waals surface area contributed by atoms with E-state index in [0.29, 0.717) is 0 Å². The molecule has 0 saturated heterocycles. The van der Waals surface area contributed by atoms with Crippen LogP contribution in [0.3, 0.4) is 0 Å². The third-order valence-corrected chi connectivity index (χ3v) is 8.13. The van der Waals surface area contributed by atoms with E-state index in [4.69, 9.17) is 0 Å². The van der Waals surface area contributed by atoms with E-state index >= 15 is 0 Å². The number of allylic oxidation sites excluding steroid dienone is 7. The molecule has 0 radical (unpaired) electrons. The second kappa shape index (κ2) is 10.4. The molecule has 0 fully saturated rings. The molecule has 0 saturated carbocycles. The van der Waals surface area contributed by atoms with Gasteiger partial charge in [0.25, 0.3) is 0 Å². The van der Waals surface area contributed by atoms with Gasteiger partial charge in [-0.2, -0.15) is 0 Å². The molecular weight excluding hydrogens is 415 g/mol. The first-order chi connectivity index (χ1) is 11.2. The Balaban J connectivity index is 0.00000312. The molecule has 1 atom stereocenters. The largest absolute Gasteiger partial charge is 1.00 e. The van der Waals surface area contributed by atoms with Crippen LogP contribution in [-0.2, 0) is 20.4 Å². The van der Waals surface area contributed by atoms with Gasteiger partial charge in [0.1, 0.15) is 0 Å². The molecule has 145 valence electrons. The van der Waals surface area contributed by atoms with E-state index in [0.717, 1.165) is 12.8 Å². The van der Waals surface area contributed by atoms with Crippen molar-refractivity contribution in [2.24, 2.45) is 10.8 Å². The zero-order chi connectivity index (χ0) is 18.0. The van der Waals surface area contributed by atoms with Crippen molar-refractivity contribution in [3.8, 4) is 0 Å². The first kappa shape index (κ1) is 26.6. The molecular formula is C22H33Cl2STi. The number of unbranched alkanes of at least 4 members (excludes halogenated alkanes) is 1. The van der Waals surface area contributed by atoms with Crippen LogP contribution in [0, 0.1) is 10.8 Å². The van der Waals surface area contributed by atoms with Gasteiger partial charge < -0.3 is 24.8 Å². The van der Waals surface area contributed by atoms with Crippen molar-refractivity contribution in [2.75, 3.05) is 5.75 Å². The maximum atomic E-state index is 2.49. The van der Waals surface area contributed by atoms with Gasteiger partial charge in [-0.25, -0.2) is 0 Å². The van der Waals surface area contributed by atoms with Crippen molar-refractivity contribution in [1.82, 2.24) is 0 Å². The maximum absolute atomic E-state index is 2.49. The van der Waals surface area contributed by atoms with E-state index in [1.54, 1.807) is 15.0 Å². The van der Waals surface area contributed by atoms with Gasteiger partial charge in [0, 0.05) is 0 Å². The summed E-state index contributed by atoms with van der Waals surface area (Å²) in [5.74, 6) is 1.25. The summed E-state index contributed by atoms with van der Waals surface area (Å²) in [6.45, 7) is 14.4. The van der Waals surface area contributed by atoms with Crippen LogP contribution >= 0.6 is 11.8 Å². The Bertz CT molecular complexity index is 594. The summed E-state index contributed by atoms with van der Waals surface area (Å²) in [6.07, 6.45) is 16.7. The predicted octanol–water partition coefficient (Wildman–Crippen LogP) is 0.986. The quantitative estimate of drug-likeness (QED) is 0.432. The molecule has 2 aliphatic rings. The average molecular weight is 448 g/mol. The first-order valence-corrected chi connectivity index (χ1v) is 11.1. The molecule has 0 bridgehead atoms. The van der Waals surface area contributed by atoms with Crippen LogP contribution in [0.25, 0.3) is 0 Å². The fraction of sp³-hybridized carbons (Fsp3) is 0.636. The van der Waals surface area contributed by atoms with E-state index < -0.39 is 0 Å². The number of hydrogen-bond acceptors (Lipinski definition) is 1.